The number of aromatic carboxylic acids is 1. The molecule has 1 fully saturated rings. The summed E-state index contributed by atoms with van der Waals surface area (Å²) in [6, 6.07) is 8.09. The van der Waals surface area contributed by atoms with Gasteiger partial charge in [0.1, 0.15) is 9.88 Å². The van der Waals surface area contributed by atoms with Crippen LogP contribution >= 0.6 is 23.1 Å². The summed E-state index contributed by atoms with van der Waals surface area (Å²) in [5.74, 6) is -0.493. The van der Waals surface area contributed by atoms with Gasteiger partial charge in [0.15, 0.2) is 0 Å². The Morgan fingerprint density at radius 3 is 2.58 bits per heavy atom. The molecule has 1 saturated carbocycles. The van der Waals surface area contributed by atoms with E-state index in [1.54, 1.807) is 11.8 Å². The Labute approximate surface area is 119 Å². The minimum absolute atomic E-state index is 0.363. The monoisotopic (exact) mass is 291 g/mol. The summed E-state index contributed by atoms with van der Waals surface area (Å²) in [7, 11) is 0. The standard InChI is InChI=1S/C14H13NO2S2/c1-18-10-6-4-9(5-7-10)13-15-11(8-2-3-8)12(19-13)14(16)17/h4-8H,2-3H2,1H3,(H,16,17). The summed E-state index contributed by atoms with van der Waals surface area (Å²) < 4.78 is 0. The topological polar surface area (TPSA) is 50.2 Å². The molecule has 0 unspecified atom stereocenters. The Morgan fingerprint density at radius 1 is 1.37 bits per heavy atom. The van der Waals surface area contributed by atoms with Gasteiger partial charge in [-0.3, -0.25) is 0 Å². The van der Waals surface area contributed by atoms with E-state index in [0.29, 0.717) is 10.8 Å². The van der Waals surface area contributed by atoms with Gasteiger partial charge in [-0.25, -0.2) is 9.78 Å². The van der Waals surface area contributed by atoms with Crippen LogP contribution in [-0.2, 0) is 0 Å². The fourth-order valence-corrected chi connectivity index (χ4v) is 3.38. The quantitative estimate of drug-likeness (QED) is 0.861. The zero-order valence-corrected chi connectivity index (χ0v) is 12.1. The minimum atomic E-state index is -0.855. The van der Waals surface area contributed by atoms with Crippen LogP contribution in [0.5, 0.6) is 0 Å². The maximum atomic E-state index is 11.3. The van der Waals surface area contributed by atoms with Crippen LogP contribution < -0.4 is 0 Å². The minimum Gasteiger partial charge on any atom is -0.477 e. The summed E-state index contributed by atoms with van der Waals surface area (Å²) in [6.45, 7) is 0. The number of benzene rings is 1. The molecule has 1 aliphatic carbocycles. The molecule has 5 heteroatoms. The summed E-state index contributed by atoms with van der Waals surface area (Å²) in [5, 5.41) is 10.1. The number of thiazole rings is 1. The second kappa shape index (κ2) is 4.98. The second-order valence-electron chi connectivity index (χ2n) is 4.54. The lowest BCUT2D eigenvalue weighted by Crippen LogP contribution is -1.97. The number of nitrogens with zero attached hydrogens (tertiary/aromatic N) is 1. The molecular weight excluding hydrogens is 278 g/mol. The highest BCUT2D eigenvalue weighted by atomic mass is 32.2. The molecule has 1 aliphatic rings. The van der Waals surface area contributed by atoms with Gasteiger partial charge in [0.05, 0.1) is 5.69 Å². The van der Waals surface area contributed by atoms with Crippen molar-refractivity contribution in [2.24, 2.45) is 0 Å². The Balaban J connectivity index is 1.99. The number of aromatic nitrogens is 1. The molecule has 1 aromatic carbocycles. The first-order valence-electron chi connectivity index (χ1n) is 6.07. The average Bonchev–Trinajstić information content (AvgIpc) is 3.17. The van der Waals surface area contributed by atoms with Crippen molar-refractivity contribution in [3.8, 4) is 10.6 Å². The second-order valence-corrected chi connectivity index (χ2v) is 6.42. The van der Waals surface area contributed by atoms with Crippen LogP contribution in [0.25, 0.3) is 10.6 Å². The third kappa shape index (κ3) is 2.53. The van der Waals surface area contributed by atoms with Gasteiger partial charge in [0, 0.05) is 16.4 Å². The molecule has 0 bridgehead atoms. The smallest absolute Gasteiger partial charge is 0.347 e. The van der Waals surface area contributed by atoms with E-state index in [0.717, 1.165) is 29.1 Å². The molecule has 1 heterocycles. The van der Waals surface area contributed by atoms with E-state index in [4.69, 9.17) is 0 Å². The summed E-state index contributed by atoms with van der Waals surface area (Å²) in [6.07, 6.45) is 4.16. The Bertz CT molecular complexity index is 615. The highest BCUT2D eigenvalue weighted by Crippen LogP contribution is 2.44. The first kappa shape index (κ1) is 12.7. The third-order valence-electron chi connectivity index (χ3n) is 3.15. The van der Waals surface area contributed by atoms with E-state index >= 15 is 0 Å². The van der Waals surface area contributed by atoms with Crippen LogP contribution in [0.2, 0.25) is 0 Å². The van der Waals surface area contributed by atoms with Gasteiger partial charge in [-0.1, -0.05) is 12.1 Å². The van der Waals surface area contributed by atoms with Crippen LogP contribution in [0.3, 0.4) is 0 Å². The van der Waals surface area contributed by atoms with Crippen molar-refractivity contribution in [2.75, 3.05) is 6.26 Å². The molecule has 98 valence electrons. The lowest BCUT2D eigenvalue weighted by Gasteiger charge is -1.98. The van der Waals surface area contributed by atoms with Gasteiger partial charge in [-0.05, 0) is 31.2 Å². The number of thioether (sulfide) groups is 1. The lowest BCUT2D eigenvalue weighted by molar-refractivity contribution is 0.0700. The third-order valence-corrected chi connectivity index (χ3v) is 5.00. The molecule has 0 atom stereocenters. The molecule has 0 aliphatic heterocycles. The van der Waals surface area contributed by atoms with Gasteiger partial charge < -0.3 is 5.11 Å². The number of carbonyl (C=O) groups is 1. The predicted octanol–water partition coefficient (Wildman–Crippen LogP) is 4.11. The van der Waals surface area contributed by atoms with Crippen molar-refractivity contribution in [2.45, 2.75) is 23.7 Å². The van der Waals surface area contributed by atoms with Crippen molar-refractivity contribution in [1.29, 1.82) is 0 Å². The van der Waals surface area contributed by atoms with E-state index in [9.17, 15) is 9.90 Å². The van der Waals surface area contributed by atoms with E-state index < -0.39 is 5.97 Å². The number of rotatable bonds is 4. The van der Waals surface area contributed by atoms with Crippen LogP contribution in [0, 0.1) is 0 Å². The van der Waals surface area contributed by atoms with Crippen LogP contribution in [0.15, 0.2) is 29.2 Å². The normalized spacial score (nSPS) is 14.6. The Morgan fingerprint density at radius 2 is 2.05 bits per heavy atom. The van der Waals surface area contributed by atoms with Gasteiger partial charge in [0.2, 0.25) is 0 Å². The van der Waals surface area contributed by atoms with Gasteiger partial charge in [-0.2, -0.15) is 0 Å². The fraction of sp³-hybridized carbons (Fsp3) is 0.286. The molecule has 3 rings (SSSR count). The molecule has 3 nitrogen and oxygen atoms in total. The lowest BCUT2D eigenvalue weighted by atomic mass is 10.2. The summed E-state index contributed by atoms with van der Waals surface area (Å²) in [4.78, 5) is 17.4. The van der Waals surface area contributed by atoms with Crippen molar-refractivity contribution in [1.82, 2.24) is 4.98 Å². The SMILES string of the molecule is CSc1ccc(-c2nc(C3CC3)c(C(=O)O)s2)cc1. The summed E-state index contributed by atoms with van der Waals surface area (Å²) in [5.41, 5.74) is 1.78. The molecule has 0 radical (unpaired) electrons. The molecule has 19 heavy (non-hydrogen) atoms. The highest BCUT2D eigenvalue weighted by molar-refractivity contribution is 7.98. The van der Waals surface area contributed by atoms with E-state index in [1.165, 1.54) is 16.2 Å². The highest BCUT2D eigenvalue weighted by Gasteiger charge is 2.32. The Hall–Kier alpha value is -1.33. The first-order chi connectivity index (χ1) is 9.19. The number of carboxylic acids is 1. The number of hydrogen-bond donors (Lipinski definition) is 1. The summed E-state index contributed by atoms with van der Waals surface area (Å²) >= 11 is 2.97. The van der Waals surface area contributed by atoms with E-state index in [1.807, 2.05) is 30.5 Å². The fourth-order valence-electron chi connectivity index (χ4n) is 1.98. The van der Waals surface area contributed by atoms with E-state index in [-0.39, 0.29) is 0 Å². The first-order valence-corrected chi connectivity index (χ1v) is 8.11. The van der Waals surface area contributed by atoms with Crippen LogP contribution in [0.4, 0.5) is 0 Å². The molecule has 1 aromatic heterocycles. The molecule has 0 amide bonds. The largest absolute Gasteiger partial charge is 0.477 e. The number of hydrogen-bond acceptors (Lipinski definition) is 4. The maximum absolute atomic E-state index is 11.3. The van der Waals surface area contributed by atoms with E-state index in [2.05, 4.69) is 4.98 Å². The van der Waals surface area contributed by atoms with Gasteiger partial charge >= 0.3 is 5.97 Å². The molecule has 1 N–H and O–H groups in total. The zero-order chi connectivity index (χ0) is 13.4. The van der Waals surface area contributed by atoms with Crippen molar-refractivity contribution < 1.29 is 9.90 Å². The van der Waals surface area contributed by atoms with Gasteiger partial charge in [0.25, 0.3) is 0 Å². The maximum Gasteiger partial charge on any atom is 0.347 e. The van der Waals surface area contributed by atoms with Crippen LogP contribution in [0.1, 0.15) is 34.1 Å². The molecule has 2 aromatic rings. The molecule has 0 saturated heterocycles. The van der Waals surface area contributed by atoms with Gasteiger partial charge in [-0.15, -0.1) is 23.1 Å². The predicted molar refractivity (Wildman–Crippen MR) is 78.3 cm³/mol. The van der Waals surface area contributed by atoms with Crippen molar-refractivity contribution in [3.05, 3.63) is 34.8 Å². The van der Waals surface area contributed by atoms with Crippen molar-refractivity contribution >= 4 is 29.1 Å². The molecular formula is C14H13NO2S2. The van der Waals surface area contributed by atoms with Crippen molar-refractivity contribution in [3.63, 3.8) is 0 Å². The molecule has 0 spiro atoms. The van der Waals surface area contributed by atoms with Crippen LogP contribution in [-0.4, -0.2) is 22.3 Å². The average molecular weight is 291 g/mol. The zero-order valence-electron chi connectivity index (χ0n) is 10.4. The number of carboxylic acid groups (broad SMARTS) is 1. The Kier molecular flexibility index (Phi) is 3.33.